The highest BCUT2D eigenvalue weighted by Crippen LogP contribution is 2.35. The van der Waals surface area contributed by atoms with Gasteiger partial charge >= 0.3 is 5.97 Å². The molecular weight excluding hydrogens is 381 g/mol. The number of halogens is 2. The van der Waals surface area contributed by atoms with Crippen molar-refractivity contribution in [2.75, 3.05) is 12.8 Å². The van der Waals surface area contributed by atoms with Crippen molar-refractivity contribution in [1.29, 1.82) is 5.26 Å². The van der Waals surface area contributed by atoms with Gasteiger partial charge in [-0.05, 0) is 28.1 Å². The first kappa shape index (κ1) is 15.9. The van der Waals surface area contributed by atoms with Crippen molar-refractivity contribution in [2.45, 2.75) is 0 Å². The lowest BCUT2D eigenvalue weighted by Gasteiger charge is -2.09. The minimum Gasteiger partial charge on any atom is -0.464 e. The summed E-state index contributed by atoms with van der Waals surface area (Å²) in [6.07, 6.45) is 2.79. The van der Waals surface area contributed by atoms with Gasteiger partial charge < -0.3 is 10.5 Å². The van der Waals surface area contributed by atoms with Crippen LogP contribution in [0.2, 0.25) is 0 Å². The highest BCUT2D eigenvalue weighted by atomic mass is 79.9. The van der Waals surface area contributed by atoms with Crippen molar-refractivity contribution >= 4 is 38.6 Å². The SMILES string of the molecule is COC(=O)c1nc2c(c(C#N)cn2-c2ncccc2F)c(Br)c1N. The normalized spacial score (nSPS) is 10.6. The van der Waals surface area contributed by atoms with Crippen molar-refractivity contribution in [3.63, 3.8) is 0 Å². The van der Waals surface area contributed by atoms with Crippen LogP contribution < -0.4 is 5.73 Å². The highest BCUT2D eigenvalue weighted by Gasteiger charge is 2.24. The summed E-state index contributed by atoms with van der Waals surface area (Å²) < 4.78 is 20.4. The number of esters is 1. The van der Waals surface area contributed by atoms with Crippen LogP contribution in [0, 0.1) is 17.1 Å². The molecule has 0 aliphatic heterocycles. The summed E-state index contributed by atoms with van der Waals surface area (Å²) in [5, 5.41) is 9.70. The summed E-state index contributed by atoms with van der Waals surface area (Å²) in [6, 6.07) is 4.67. The number of nitrogen functional groups attached to an aromatic ring is 1. The predicted molar refractivity (Wildman–Crippen MR) is 87.0 cm³/mol. The molecule has 9 heteroatoms. The Bertz CT molecular complexity index is 1020. The molecule has 0 atom stereocenters. The number of pyridine rings is 2. The number of methoxy groups -OCH3 is 1. The molecule has 0 saturated heterocycles. The van der Waals surface area contributed by atoms with Crippen molar-refractivity contribution in [3.05, 3.63) is 46.1 Å². The van der Waals surface area contributed by atoms with Gasteiger partial charge in [0.2, 0.25) is 0 Å². The molecular formula is C15H9BrFN5O2. The Balaban J connectivity index is 2.45. The molecule has 120 valence electrons. The largest absolute Gasteiger partial charge is 0.464 e. The monoisotopic (exact) mass is 389 g/mol. The molecule has 7 nitrogen and oxygen atoms in total. The fraction of sp³-hybridized carbons (Fsp3) is 0.0667. The first-order valence-corrected chi connectivity index (χ1v) is 7.38. The Hall–Kier alpha value is -2.99. The topological polar surface area (TPSA) is 107 Å². The van der Waals surface area contributed by atoms with Crippen LogP contribution in [0.3, 0.4) is 0 Å². The third-order valence-electron chi connectivity index (χ3n) is 3.37. The Labute approximate surface area is 143 Å². The number of hydrogen-bond acceptors (Lipinski definition) is 6. The molecule has 2 N–H and O–H groups in total. The number of nitrogens with zero attached hydrogens (tertiary/aromatic N) is 4. The molecule has 3 rings (SSSR count). The van der Waals surface area contributed by atoms with Gasteiger partial charge in [0.25, 0.3) is 0 Å². The summed E-state index contributed by atoms with van der Waals surface area (Å²) in [5.41, 5.74) is 6.16. The lowest BCUT2D eigenvalue weighted by molar-refractivity contribution is 0.0595. The van der Waals surface area contributed by atoms with E-state index in [0.717, 1.165) is 0 Å². The third-order valence-corrected chi connectivity index (χ3v) is 4.20. The van der Waals surface area contributed by atoms with Crippen LogP contribution in [-0.4, -0.2) is 27.6 Å². The highest BCUT2D eigenvalue weighted by molar-refractivity contribution is 9.10. The quantitative estimate of drug-likeness (QED) is 0.674. The molecule has 0 spiro atoms. The van der Waals surface area contributed by atoms with E-state index in [1.807, 2.05) is 6.07 Å². The molecule has 0 aliphatic rings. The van der Waals surface area contributed by atoms with Crippen LogP contribution in [-0.2, 0) is 4.74 Å². The molecule has 0 aromatic carbocycles. The zero-order valence-corrected chi connectivity index (χ0v) is 13.8. The van der Waals surface area contributed by atoms with Gasteiger partial charge in [0.15, 0.2) is 17.3 Å². The fourth-order valence-corrected chi connectivity index (χ4v) is 2.86. The number of rotatable bonds is 2. The van der Waals surface area contributed by atoms with Gasteiger partial charge in [0.1, 0.15) is 11.7 Å². The van der Waals surface area contributed by atoms with Crippen molar-refractivity contribution in [2.24, 2.45) is 0 Å². The van der Waals surface area contributed by atoms with Crippen molar-refractivity contribution in [1.82, 2.24) is 14.5 Å². The van der Waals surface area contributed by atoms with E-state index in [9.17, 15) is 14.4 Å². The number of anilines is 1. The van der Waals surface area contributed by atoms with Gasteiger partial charge in [-0.25, -0.2) is 19.2 Å². The molecule has 0 amide bonds. The zero-order valence-electron chi connectivity index (χ0n) is 12.2. The smallest absolute Gasteiger partial charge is 0.358 e. The number of fused-ring (bicyclic) bond motifs is 1. The lowest BCUT2D eigenvalue weighted by Crippen LogP contribution is -2.10. The second kappa shape index (κ2) is 5.90. The van der Waals surface area contributed by atoms with Crippen molar-refractivity contribution in [3.8, 4) is 11.9 Å². The maximum absolute atomic E-state index is 14.1. The summed E-state index contributed by atoms with van der Waals surface area (Å²) >= 11 is 3.27. The van der Waals surface area contributed by atoms with Gasteiger partial charge in [-0.3, -0.25) is 4.57 Å². The minimum atomic E-state index is -0.747. The number of hydrogen-bond donors (Lipinski definition) is 1. The minimum absolute atomic E-state index is 0.0325. The Morgan fingerprint density at radius 1 is 1.54 bits per heavy atom. The number of aromatic nitrogens is 3. The first-order valence-electron chi connectivity index (χ1n) is 6.59. The molecule has 3 heterocycles. The van der Waals surface area contributed by atoms with Gasteiger partial charge in [0, 0.05) is 12.4 Å². The Morgan fingerprint density at radius 3 is 2.92 bits per heavy atom. The van der Waals surface area contributed by atoms with E-state index < -0.39 is 11.8 Å². The first-order chi connectivity index (χ1) is 11.5. The van der Waals surface area contributed by atoms with Gasteiger partial charge in [-0.1, -0.05) is 0 Å². The maximum atomic E-state index is 14.1. The second-order valence-electron chi connectivity index (χ2n) is 4.71. The van der Waals surface area contributed by atoms with Crippen molar-refractivity contribution < 1.29 is 13.9 Å². The summed E-state index contributed by atoms with van der Waals surface area (Å²) in [7, 11) is 1.19. The molecule has 3 aromatic rings. The average Bonchev–Trinajstić information content (AvgIpc) is 2.96. The summed E-state index contributed by atoms with van der Waals surface area (Å²) in [4.78, 5) is 20.0. The van der Waals surface area contributed by atoms with Crippen LogP contribution in [0.15, 0.2) is 29.0 Å². The van der Waals surface area contributed by atoms with Gasteiger partial charge in [-0.2, -0.15) is 5.26 Å². The predicted octanol–water partition coefficient (Wildman–Crippen LogP) is 2.56. The van der Waals surface area contributed by atoms with E-state index >= 15 is 0 Å². The van der Waals surface area contributed by atoms with Crippen LogP contribution in [0.5, 0.6) is 0 Å². The molecule has 0 radical (unpaired) electrons. The lowest BCUT2D eigenvalue weighted by atomic mass is 10.2. The summed E-state index contributed by atoms with van der Waals surface area (Å²) in [5.74, 6) is -1.40. The standard InChI is InChI=1S/C15H9BrFN5O2/c1-24-15(23)12-11(19)10(16)9-7(5-18)6-22(14(9)21-12)13-8(17)3-2-4-20-13/h2-4,6H,19H2,1H3. The molecule has 0 bridgehead atoms. The second-order valence-corrected chi connectivity index (χ2v) is 5.50. The van der Waals surface area contributed by atoms with E-state index in [2.05, 4.69) is 30.6 Å². The number of nitrogens with two attached hydrogens (primary N) is 1. The molecule has 0 unspecified atom stereocenters. The Morgan fingerprint density at radius 2 is 2.29 bits per heavy atom. The van der Waals surface area contributed by atoms with Crippen LogP contribution >= 0.6 is 15.9 Å². The zero-order chi connectivity index (χ0) is 17.4. The maximum Gasteiger partial charge on any atom is 0.358 e. The molecule has 0 saturated carbocycles. The van der Waals surface area contributed by atoms with E-state index in [1.165, 1.54) is 36.2 Å². The molecule has 0 aliphatic carbocycles. The number of ether oxygens (including phenoxy) is 1. The molecule has 24 heavy (non-hydrogen) atoms. The van der Waals surface area contributed by atoms with Gasteiger partial charge in [0.05, 0.1) is 28.2 Å². The fourth-order valence-electron chi connectivity index (χ4n) is 2.28. The number of carbonyl (C=O) groups excluding carboxylic acids is 1. The number of carbonyl (C=O) groups is 1. The van der Waals surface area contributed by atoms with Crippen LogP contribution in [0.4, 0.5) is 10.1 Å². The average molecular weight is 390 g/mol. The molecule has 3 aromatic heterocycles. The Kier molecular flexibility index (Phi) is 3.91. The van der Waals surface area contributed by atoms with Crippen LogP contribution in [0.1, 0.15) is 16.1 Å². The van der Waals surface area contributed by atoms with Crippen LogP contribution in [0.25, 0.3) is 16.9 Å². The van der Waals surface area contributed by atoms with E-state index in [-0.39, 0.29) is 28.4 Å². The van der Waals surface area contributed by atoms with Gasteiger partial charge in [-0.15, -0.1) is 0 Å². The summed E-state index contributed by atoms with van der Waals surface area (Å²) in [6.45, 7) is 0. The van der Waals surface area contributed by atoms with E-state index in [4.69, 9.17) is 5.73 Å². The van der Waals surface area contributed by atoms with E-state index in [0.29, 0.717) is 9.86 Å². The number of nitriles is 1. The third kappa shape index (κ3) is 2.28. The molecule has 0 fully saturated rings. The van der Waals surface area contributed by atoms with E-state index in [1.54, 1.807) is 0 Å².